The number of rotatable bonds is 6. The van der Waals surface area contributed by atoms with Gasteiger partial charge in [-0.05, 0) is 24.0 Å². The average Bonchev–Trinajstić information content (AvgIpc) is 2.29. The summed E-state index contributed by atoms with van der Waals surface area (Å²) in [5.74, 6) is 0.147. The normalized spacial score (nSPS) is 12.4. The van der Waals surface area contributed by atoms with Gasteiger partial charge in [0.15, 0.2) is 0 Å². The van der Waals surface area contributed by atoms with Gasteiger partial charge in [0.05, 0.1) is 21.3 Å². The van der Waals surface area contributed by atoms with Crippen LogP contribution in [0.4, 0.5) is 4.39 Å². The van der Waals surface area contributed by atoms with Crippen LogP contribution in [0.25, 0.3) is 0 Å². The van der Waals surface area contributed by atoms with Gasteiger partial charge in [0, 0.05) is 11.5 Å². The second kappa shape index (κ2) is 6.76. The van der Waals surface area contributed by atoms with Crippen molar-refractivity contribution in [3.8, 4) is 0 Å². The van der Waals surface area contributed by atoms with Gasteiger partial charge in [0.1, 0.15) is 5.82 Å². The van der Waals surface area contributed by atoms with E-state index in [9.17, 15) is 13.4 Å². The molecule has 0 aliphatic rings. The molecule has 17 heavy (non-hydrogen) atoms. The molecular weight excluding hydrogens is 263 g/mol. The lowest BCUT2D eigenvalue weighted by molar-refractivity contribution is 0.0696. The highest BCUT2D eigenvalue weighted by Crippen LogP contribution is 2.16. The van der Waals surface area contributed by atoms with E-state index in [4.69, 9.17) is 5.11 Å². The van der Waals surface area contributed by atoms with E-state index in [1.54, 1.807) is 11.8 Å². The molecule has 6 heteroatoms. The lowest BCUT2D eigenvalue weighted by Gasteiger charge is -2.04. The van der Waals surface area contributed by atoms with Crippen molar-refractivity contribution in [1.82, 2.24) is 0 Å². The summed E-state index contributed by atoms with van der Waals surface area (Å²) in [4.78, 5) is 10.7. The SMILES string of the molecule is CCSCCS(=O)c1cc(C(=O)O)ccc1F. The Bertz CT molecular complexity index is 435. The van der Waals surface area contributed by atoms with E-state index in [-0.39, 0.29) is 10.5 Å². The van der Waals surface area contributed by atoms with Crippen LogP contribution in [0.3, 0.4) is 0 Å². The number of hydrogen-bond acceptors (Lipinski definition) is 3. The lowest BCUT2D eigenvalue weighted by atomic mass is 10.2. The maximum Gasteiger partial charge on any atom is 0.335 e. The summed E-state index contributed by atoms with van der Waals surface area (Å²) < 4.78 is 25.2. The Kier molecular flexibility index (Phi) is 5.64. The minimum Gasteiger partial charge on any atom is -0.478 e. The molecule has 0 amide bonds. The third kappa shape index (κ3) is 4.12. The number of benzene rings is 1. The molecule has 0 aliphatic carbocycles. The number of carboxylic acids is 1. The summed E-state index contributed by atoms with van der Waals surface area (Å²) >= 11 is 1.62. The van der Waals surface area contributed by atoms with Crippen molar-refractivity contribution >= 4 is 28.5 Å². The van der Waals surface area contributed by atoms with E-state index >= 15 is 0 Å². The molecule has 0 radical (unpaired) electrons. The van der Waals surface area contributed by atoms with Crippen molar-refractivity contribution in [2.75, 3.05) is 17.3 Å². The van der Waals surface area contributed by atoms with Crippen LogP contribution >= 0.6 is 11.8 Å². The van der Waals surface area contributed by atoms with E-state index in [1.165, 1.54) is 6.07 Å². The standard InChI is InChI=1S/C11H13FO3S2/c1-2-16-5-6-17(15)10-7-8(11(13)14)3-4-9(10)12/h3-4,7H,2,5-6H2,1H3,(H,13,14). The maximum absolute atomic E-state index is 13.4. The van der Waals surface area contributed by atoms with Crippen molar-refractivity contribution in [2.45, 2.75) is 11.8 Å². The first-order chi connectivity index (χ1) is 8.06. The quantitative estimate of drug-likeness (QED) is 0.811. The van der Waals surface area contributed by atoms with Crippen LogP contribution in [0.1, 0.15) is 17.3 Å². The summed E-state index contributed by atoms with van der Waals surface area (Å²) in [6, 6.07) is 3.35. The van der Waals surface area contributed by atoms with Crippen molar-refractivity contribution < 1.29 is 18.5 Å². The Labute approximate surface area is 106 Å². The van der Waals surface area contributed by atoms with Crippen molar-refractivity contribution in [3.05, 3.63) is 29.6 Å². The molecule has 3 nitrogen and oxygen atoms in total. The fourth-order valence-corrected chi connectivity index (χ4v) is 3.33. The summed E-state index contributed by atoms with van der Waals surface area (Å²) in [6.45, 7) is 1.99. The van der Waals surface area contributed by atoms with E-state index in [1.807, 2.05) is 6.92 Å². The second-order valence-corrected chi connectivity index (χ2v) is 6.13. The van der Waals surface area contributed by atoms with Gasteiger partial charge in [0.25, 0.3) is 0 Å². The Morgan fingerprint density at radius 3 is 2.82 bits per heavy atom. The van der Waals surface area contributed by atoms with Crippen LogP contribution in [0.15, 0.2) is 23.1 Å². The van der Waals surface area contributed by atoms with Gasteiger partial charge >= 0.3 is 5.97 Å². The van der Waals surface area contributed by atoms with E-state index in [0.29, 0.717) is 11.5 Å². The number of thioether (sulfide) groups is 1. The van der Waals surface area contributed by atoms with Gasteiger partial charge in [-0.2, -0.15) is 11.8 Å². The van der Waals surface area contributed by atoms with Crippen LogP contribution < -0.4 is 0 Å². The van der Waals surface area contributed by atoms with Gasteiger partial charge in [-0.1, -0.05) is 6.92 Å². The average molecular weight is 276 g/mol. The molecule has 1 atom stereocenters. The van der Waals surface area contributed by atoms with Crippen LogP contribution in [0.5, 0.6) is 0 Å². The molecule has 0 bridgehead atoms. The molecule has 1 unspecified atom stereocenters. The van der Waals surface area contributed by atoms with E-state index in [0.717, 1.165) is 17.9 Å². The highest BCUT2D eigenvalue weighted by molar-refractivity contribution is 8.00. The summed E-state index contributed by atoms with van der Waals surface area (Å²) in [6.07, 6.45) is 0. The van der Waals surface area contributed by atoms with Crippen LogP contribution in [-0.4, -0.2) is 32.5 Å². The zero-order valence-electron chi connectivity index (χ0n) is 9.31. The van der Waals surface area contributed by atoms with Crippen LogP contribution in [-0.2, 0) is 10.8 Å². The van der Waals surface area contributed by atoms with Gasteiger partial charge in [-0.15, -0.1) is 0 Å². The molecule has 1 N–H and O–H groups in total. The Morgan fingerprint density at radius 2 is 2.24 bits per heavy atom. The number of carboxylic acid groups (broad SMARTS) is 1. The maximum atomic E-state index is 13.4. The highest BCUT2D eigenvalue weighted by Gasteiger charge is 2.13. The fraction of sp³-hybridized carbons (Fsp3) is 0.364. The summed E-state index contributed by atoms with van der Waals surface area (Å²) in [5.41, 5.74) is -0.0436. The minimum atomic E-state index is -1.48. The van der Waals surface area contributed by atoms with E-state index in [2.05, 4.69) is 0 Å². The van der Waals surface area contributed by atoms with Crippen molar-refractivity contribution in [3.63, 3.8) is 0 Å². The number of carbonyl (C=O) groups is 1. The highest BCUT2D eigenvalue weighted by atomic mass is 32.2. The van der Waals surface area contributed by atoms with Crippen molar-refractivity contribution in [1.29, 1.82) is 0 Å². The molecule has 0 saturated carbocycles. The first kappa shape index (κ1) is 14.2. The molecule has 0 aromatic heterocycles. The van der Waals surface area contributed by atoms with Crippen molar-refractivity contribution in [2.24, 2.45) is 0 Å². The molecule has 0 heterocycles. The smallest absolute Gasteiger partial charge is 0.335 e. The predicted octanol–water partition coefficient (Wildman–Crippen LogP) is 2.38. The monoisotopic (exact) mass is 276 g/mol. The number of hydrogen-bond donors (Lipinski definition) is 1. The zero-order valence-corrected chi connectivity index (χ0v) is 10.9. The number of halogens is 1. The molecule has 0 fully saturated rings. The zero-order chi connectivity index (χ0) is 12.8. The lowest BCUT2D eigenvalue weighted by Crippen LogP contribution is -2.06. The van der Waals surface area contributed by atoms with Crippen LogP contribution in [0.2, 0.25) is 0 Å². The third-order valence-corrected chi connectivity index (χ3v) is 4.58. The Hall–Kier alpha value is -0.880. The first-order valence-electron chi connectivity index (χ1n) is 5.05. The molecule has 1 aromatic rings. The number of aromatic carboxylic acids is 1. The summed E-state index contributed by atoms with van der Waals surface area (Å²) in [7, 11) is -1.48. The van der Waals surface area contributed by atoms with Gasteiger partial charge < -0.3 is 5.11 Å². The van der Waals surface area contributed by atoms with Gasteiger partial charge in [0.2, 0.25) is 0 Å². The molecular formula is C11H13FO3S2. The summed E-state index contributed by atoms with van der Waals surface area (Å²) in [5, 5.41) is 8.77. The van der Waals surface area contributed by atoms with Crippen LogP contribution in [0, 0.1) is 5.82 Å². The molecule has 0 saturated heterocycles. The minimum absolute atomic E-state index is 0.0263. The molecule has 1 rings (SSSR count). The first-order valence-corrected chi connectivity index (χ1v) is 7.52. The fourth-order valence-electron chi connectivity index (χ4n) is 1.20. The Balaban J connectivity index is 2.84. The van der Waals surface area contributed by atoms with Gasteiger partial charge in [-0.3, -0.25) is 4.21 Å². The topological polar surface area (TPSA) is 54.4 Å². The third-order valence-electron chi connectivity index (χ3n) is 2.04. The predicted molar refractivity (Wildman–Crippen MR) is 67.6 cm³/mol. The molecule has 94 valence electrons. The molecule has 0 aliphatic heterocycles. The second-order valence-electron chi connectivity index (χ2n) is 3.20. The van der Waals surface area contributed by atoms with E-state index < -0.39 is 22.6 Å². The molecule has 1 aromatic carbocycles. The largest absolute Gasteiger partial charge is 0.478 e. The Morgan fingerprint density at radius 1 is 1.53 bits per heavy atom. The molecule has 0 spiro atoms. The van der Waals surface area contributed by atoms with Gasteiger partial charge in [-0.25, -0.2) is 9.18 Å².